The van der Waals surface area contributed by atoms with Crippen molar-refractivity contribution in [1.82, 2.24) is 10.2 Å². The van der Waals surface area contributed by atoms with Gasteiger partial charge in [0.05, 0.1) is 11.7 Å². The van der Waals surface area contributed by atoms with Crippen LogP contribution in [0.15, 0.2) is 18.3 Å². The monoisotopic (exact) mass is 161 g/mol. The fourth-order valence-electron chi connectivity index (χ4n) is 1.36. The first-order chi connectivity index (χ1) is 5.81. The molecule has 0 unspecified atom stereocenters. The summed E-state index contributed by atoms with van der Waals surface area (Å²) in [5.74, 6) is 0. The lowest BCUT2D eigenvalue weighted by Gasteiger charge is -2.01. The molecule has 0 aliphatic heterocycles. The highest BCUT2D eigenvalue weighted by Gasteiger charge is 2.00. The first-order valence-corrected chi connectivity index (χ1v) is 4.02. The van der Waals surface area contributed by atoms with Gasteiger partial charge in [-0.15, -0.1) is 0 Å². The van der Waals surface area contributed by atoms with Crippen molar-refractivity contribution in [1.29, 1.82) is 0 Å². The Kier molecular flexibility index (Phi) is 1.50. The second-order valence-corrected chi connectivity index (χ2v) is 2.86. The summed E-state index contributed by atoms with van der Waals surface area (Å²) in [6.07, 6.45) is 2.74. The SMILES string of the molecule is CCc1cc2[nH]ncc2cc1N. The number of nitrogen functional groups attached to an aromatic ring is 1. The number of nitrogens with one attached hydrogen (secondary N) is 1. The fraction of sp³-hybridized carbons (Fsp3) is 0.222. The molecule has 1 aromatic carbocycles. The smallest absolute Gasteiger partial charge is 0.0654 e. The highest BCUT2D eigenvalue weighted by molar-refractivity contribution is 5.83. The summed E-state index contributed by atoms with van der Waals surface area (Å²) < 4.78 is 0. The molecule has 62 valence electrons. The van der Waals surface area contributed by atoms with Crippen LogP contribution in [-0.2, 0) is 6.42 Å². The minimum atomic E-state index is 0.853. The minimum Gasteiger partial charge on any atom is -0.398 e. The van der Waals surface area contributed by atoms with E-state index in [9.17, 15) is 0 Å². The molecule has 1 aromatic heterocycles. The molecule has 0 aliphatic carbocycles. The lowest BCUT2D eigenvalue weighted by Crippen LogP contribution is -1.91. The Hall–Kier alpha value is -1.51. The van der Waals surface area contributed by atoms with E-state index in [0.29, 0.717) is 0 Å². The van der Waals surface area contributed by atoms with E-state index < -0.39 is 0 Å². The zero-order valence-electron chi connectivity index (χ0n) is 6.96. The number of aryl methyl sites for hydroxylation is 1. The molecule has 0 saturated carbocycles. The molecule has 0 amide bonds. The van der Waals surface area contributed by atoms with Gasteiger partial charge in [-0.05, 0) is 24.1 Å². The predicted octanol–water partition coefficient (Wildman–Crippen LogP) is 1.71. The third-order valence-corrected chi connectivity index (χ3v) is 2.08. The van der Waals surface area contributed by atoms with Crippen molar-refractivity contribution in [2.24, 2.45) is 0 Å². The first-order valence-electron chi connectivity index (χ1n) is 4.02. The van der Waals surface area contributed by atoms with Crippen molar-refractivity contribution in [3.8, 4) is 0 Å². The molecule has 0 saturated heterocycles. The second kappa shape index (κ2) is 2.52. The molecule has 12 heavy (non-hydrogen) atoms. The normalized spacial score (nSPS) is 10.8. The van der Waals surface area contributed by atoms with Gasteiger partial charge < -0.3 is 5.73 Å². The van der Waals surface area contributed by atoms with Crippen LogP contribution in [0.3, 0.4) is 0 Å². The van der Waals surface area contributed by atoms with Gasteiger partial charge in [-0.3, -0.25) is 5.10 Å². The first kappa shape index (κ1) is 7.16. The molecule has 0 aliphatic rings. The molecule has 3 nitrogen and oxygen atoms in total. The predicted molar refractivity (Wildman–Crippen MR) is 49.9 cm³/mol. The Balaban J connectivity index is 2.73. The number of fused-ring (bicyclic) bond motifs is 1. The van der Waals surface area contributed by atoms with Gasteiger partial charge in [0.1, 0.15) is 0 Å². The van der Waals surface area contributed by atoms with Crippen LogP contribution in [0.2, 0.25) is 0 Å². The van der Waals surface area contributed by atoms with Crippen molar-refractivity contribution in [2.75, 3.05) is 5.73 Å². The van der Waals surface area contributed by atoms with Gasteiger partial charge in [-0.2, -0.15) is 5.10 Å². The van der Waals surface area contributed by atoms with E-state index in [2.05, 4.69) is 23.2 Å². The molecule has 3 heteroatoms. The Morgan fingerprint density at radius 2 is 2.33 bits per heavy atom. The Morgan fingerprint density at radius 1 is 1.50 bits per heavy atom. The van der Waals surface area contributed by atoms with Crippen LogP contribution < -0.4 is 5.73 Å². The molecule has 0 atom stereocenters. The average Bonchev–Trinajstić information content (AvgIpc) is 2.49. The topological polar surface area (TPSA) is 54.7 Å². The number of aromatic nitrogens is 2. The van der Waals surface area contributed by atoms with Crippen molar-refractivity contribution in [2.45, 2.75) is 13.3 Å². The largest absolute Gasteiger partial charge is 0.398 e. The zero-order valence-corrected chi connectivity index (χ0v) is 6.96. The van der Waals surface area contributed by atoms with E-state index in [1.807, 2.05) is 6.07 Å². The molecule has 2 aromatic rings. The number of anilines is 1. The standard InChI is InChI=1S/C9H11N3/c1-2-6-4-9-7(3-8(6)10)5-11-12-9/h3-5H,2,10H2,1H3,(H,11,12). The quantitative estimate of drug-likeness (QED) is 0.625. The number of benzene rings is 1. The van der Waals surface area contributed by atoms with Gasteiger partial charge in [-0.25, -0.2) is 0 Å². The summed E-state index contributed by atoms with van der Waals surface area (Å²) in [5.41, 5.74) is 8.90. The van der Waals surface area contributed by atoms with Crippen molar-refractivity contribution in [3.05, 3.63) is 23.9 Å². The van der Waals surface area contributed by atoms with Crippen LogP contribution in [0.1, 0.15) is 12.5 Å². The van der Waals surface area contributed by atoms with Gasteiger partial charge in [0, 0.05) is 11.1 Å². The van der Waals surface area contributed by atoms with Crippen molar-refractivity contribution >= 4 is 16.6 Å². The second-order valence-electron chi connectivity index (χ2n) is 2.86. The highest BCUT2D eigenvalue weighted by Crippen LogP contribution is 2.19. The van der Waals surface area contributed by atoms with Gasteiger partial charge >= 0.3 is 0 Å². The van der Waals surface area contributed by atoms with Crippen molar-refractivity contribution in [3.63, 3.8) is 0 Å². The number of hydrogen-bond acceptors (Lipinski definition) is 2. The van der Waals surface area contributed by atoms with Crippen molar-refractivity contribution < 1.29 is 0 Å². The average molecular weight is 161 g/mol. The van der Waals surface area contributed by atoms with Crippen LogP contribution in [0, 0.1) is 0 Å². The summed E-state index contributed by atoms with van der Waals surface area (Å²) in [5, 5.41) is 7.93. The lowest BCUT2D eigenvalue weighted by atomic mass is 10.1. The molecular formula is C9H11N3. The third kappa shape index (κ3) is 0.942. The number of rotatable bonds is 1. The molecule has 0 fully saturated rings. The van der Waals surface area contributed by atoms with Gasteiger partial charge in [0.2, 0.25) is 0 Å². The number of aromatic amines is 1. The molecule has 0 bridgehead atoms. The maximum atomic E-state index is 5.81. The van der Waals surface area contributed by atoms with Crippen LogP contribution in [0.4, 0.5) is 5.69 Å². The molecule has 0 radical (unpaired) electrons. The van der Waals surface area contributed by atoms with Gasteiger partial charge in [0.25, 0.3) is 0 Å². The van der Waals surface area contributed by atoms with E-state index in [4.69, 9.17) is 5.73 Å². The molecular weight excluding hydrogens is 150 g/mol. The van der Waals surface area contributed by atoms with Crippen LogP contribution in [-0.4, -0.2) is 10.2 Å². The summed E-state index contributed by atoms with van der Waals surface area (Å²) in [4.78, 5) is 0. The van der Waals surface area contributed by atoms with E-state index >= 15 is 0 Å². The maximum Gasteiger partial charge on any atom is 0.0654 e. The molecule has 1 heterocycles. The van der Waals surface area contributed by atoms with Crippen LogP contribution in [0.25, 0.3) is 10.9 Å². The van der Waals surface area contributed by atoms with E-state index in [-0.39, 0.29) is 0 Å². The Morgan fingerprint density at radius 3 is 3.08 bits per heavy atom. The fourth-order valence-corrected chi connectivity index (χ4v) is 1.36. The maximum absolute atomic E-state index is 5.81. The van der Waals surface area contributed by atoms with E-state index in [1.165, 1.54) is 5.56 Å². The zero-order chi connectivity index (χ0) is 8.55. The summed E-state index contributed by atoms with van der Waals surface area (Å²) in [6, 6.07) is 4.01. The third-order valence-electron chi connectivity index (χ3n) is 2.08. The molecule has 2 rings (SSSR count). The minimum absolute atomic E-state index is 0.853. The Bertz CT molecular complexity index is 403. The molecule has 0 spiro atoms. The summed E-state index contributed by atoms with van der Waals surface area (Å²) in [7, 11) is 0. The number of nitrogens with two attached hydrogens (primary N) is 1. The summed E-state index contributed by atoms with van der Waals surface area (Å²) >= 11 is 0. The number of H-pyrrole nitrogens is 1. The van der Waals surface area contributed by atoms with E-state index in [1.54, 1.807) is 6.20 Å². The van der Waals surface area contributed by atoms with Gasteiger partial charge in [0.15, 0.2) is 0 Å². The van der Waals surface area contributed by atoms with Gasteiger partial charge in [-0.1, -0.05) is 6.92 Å². The Labute approximate surface area is 70.6 Å². The van der Waals surface area contributed by atoms with Crippen LogP contribution in [0.5, 0.6) is 0 Å². The highest BCUT2D eigenvalue weighted by atomic mass is 15.1. The summed E-state index contributed by atoms with van der Waals surface area (Å²) in [6.45, 7) is 2.09. The van der Waals surface area contributed by atoms with Crippen LogP contribution >= 0.6 is 0 Å². The number of hydrogen-bond donors (Lipinski definition) is 2. The lowest BCUT2D eigenvalue weighted by molar-refractivity contribution is 1.11. The van der Waals surface area contributed by atoms with E-state index in [0.717, 1.165) is 23.0 Å². The number of nitrogens with zero attached hydrogens (tertiary/aromatic N) is 1. The molecule has 3 N–H and O–H groups in total.